The second-order valence-corrected chi connectivity index (χ2v) is 9.81. The Morgan fingerprint density at radius 3 is 2.51 bits per heavy atom. The number of likely N-dealkylation sites (tertiary alicyclic amines) is 1. The van der Waals surface area contributed by atoms with Crippen molar-refractivity contribution in [3.05, 3.63) is 53.3 Å². The first-order valence-corrected chi connectivity index (χ1v) is 11.6. The first-order chi connectivity index (χ1) is 16.4. The highest BCUT2D eigenvalue weighted by atomic mass is 16.6. The maximum atomic E-state index is 13.3. The third-order valence-electron chi connectivity index (χ3n) is 5.71. The number of carbonyl (C=O) groups excluding carboxylic acids is 4. The molecule has 1 aromatic carbocycles. The molecule has 0 spiro atoms. The molecule has 2 heterocycles. The van der Waals surface area contributed by atoms with E-state index >= 15 is 0 Å². The van der Waals surface area contributed by atoms with Crippen molar-refractivity contribution in [2.75, 3.05) is 13.1 Å². The number of aryl methyl sites for hydroxylation is 1. The smallest absolute Gasteiger partial charge is 0.410 e. The lowest BCUT2D eigenvalue weighted by molar-refractivity contribution is -0.137. The summed E-state index contributed by atoms with van der Waals surface area (Å²) in [6, 6.07) is 7.94. The van der Waals surface area contributed by atoms with Crippen molar-refractivity contribution in [3.63, 3.8) is 0 Å². The number of amides is 3. The number of nitrogens with zero attached hydrogens (tertiary/aromatic N) is 3. The molecule has 0 saturated carbocycles. The number of aromatic nitrogens is 2. The molecule has 1 fully saturated rings. The maximum Gasteiger partial charge on any atom is 0.410 e. The van der Waals surface area contributed by atoms with Crippen molar-refractivity contribution < 1.29 is 23.9 Å². The summed E-state index contributed by atoms with van der Waals surface area (Å²) in [5.74, 6) is -2.70. The van der Waals surface area contributed by atoms with E-state index in [9.17, 15) is 19.2 Å². The van der Waals surface area contributed by atoms with Gasteiger partial charge in [0.05, 0.1) is 11.3 Å². The Morgan fingerprint density at radius 2 is 1.89 bits per heavy atom. The molecule has 3 amide bonds. The van der Waals surface area contributed by atoms with Gasteiger partial charge in [0.1, 0.15) is 11.6 Å². The number of hydrogen-bond donors (Lipinski definition) is 2. The van der Waals surface area contributed by atoms with Crippen LogP contribution >= 0.6 is 0 Å². The first kappa shape index (κ1) is 25.9. The van der Waals surface area contributed by atoms with Gasteiger partial charge in [0.2, 0.25) is 5.78 Å². The van der Waals surface area contributed by atoms with Gasteiger partial charge in [-0.2, -0.15) is 5.10 Å². The summed E-state index contributed by atoms with van der Waals surface area (Å²) in [6.07, 6.45) is 2.77. The number of carbonyl (C=O) groups is 4. The molecule has 2 aromatic rings. The highest BCUT2D eigenvalue weighted by molar-refractivity contribution is 6.38. The van der Waals surface area contributed by atoms with Crippen LogP contribution in [0.25, 0.3) is 0 Å². The third kappa shape index (κ3) is 6.91. The molecule has 0 aliphatic carbocycles. The molecular formula is C25H33N5O5. The number of rotatable bonds is 7. The van der Waals surface area contributed by atoms with E-state index in [2.05, 4.69) is 10.4 Å². The molecule has 0 radical (unpaired) electrons. The van der Waals surface area contributed by atoms with Gasteiger partial charge in [-0.05, 0) is 39.2 Å². The van der Waals surface area contributed by atoms with Crippen LogP contribution in [0.4, 0.5) is 4.79 Å². The number of Topliss-reactive ketones (excluding diaryl/α,β-unsaturated/α-hetero) is 1. The minimum absolute atomic E-state index is 0.125. The summed E-state index contributed by atoms with van der Waals surface area (Å²) in [5, 5.41) is 7.17. The van der Waals surface area contributed by atoms with E-state index in [1.807, 2.05) is 39.0 Å². The average molecular weight is 484 g/mol. The number of nitrogens with two attached hydrogens (primary N) is 1. The predicted molar refractivity (Wildman–Crippen MR) is 129 cm³/mol. The topological polar surface area (TPSA) is 137 Å². The fraction of sp³-hybridized carbons (Fsp3) is 0.480. The van der Waals surface area contributed by atoms with Gasteiger partial charge in [-0.25, -0.2) is 4.79 Å². The minimum atomic E-state index is -1.11. The summed E-state index contributed by atoms with van der Waals surface area (Å²) in [6.45, 7) is 6.36. The summed E-state index contributed by atoms with van der Waals surface area (Å²) in [4.78, 5) is 51.6. The van der Waals surface area contributed by atoms with E-state index in [-0.39, 0.29) is 12.3 Å². The summed E-state index contributed by atoms with van der Waals surface area (Å²) < 4.78 is 7.03. The van der Waals surface area contributed by atoms with Gasteiger partial charge in [0.25, 0.3) is 11.8 Å². The van der Waals surface area contributed by atoms with Crippen LogP contribution in [0.2, 0.25) is 0 Å². The fourth-order valence-electron chi connectivity index (χ4n) is 4.14. The first-order valence-electron chi connectivity index (χ1n) is 11.6. The van der Waals surface area contributed by atoms with Gasteiger partial charge in [-0.15, -0.1) is 0 Å². The maximum absolute atomic E-state index is 13.3. The van der Waals surface area contributed by atoms with Crippen LogP contribution in [0.3, 0.4) is 0 Å². The zero-order chi connectivity index (χ0) is 25.8. The highest BCUT2D eigenvalue weighted by Gasteiger charge is 2.33. The number of ketones is 1. The number of primary amides is 1. The van der Waals surface area contributed by atoms with Gasteiger partial charge in [-0.3, -0.25) is 19.1 Å². The Kier molecular flexibility index (Phi) is 7.93. The van der Waals surface area contributed by atoms with E-state index in [1.54, 1.807) is 30.3 Å². The Hall–Kier alpha value is -3.69. The van der Waals surface area contributed by atoms with Crippen LogP contribution < -0.4 is 11.1 Å². The lowest BCUT2D eigenvalue weighted by Gasteiger charge is -2.33. The van der Waals surface area contributed by atoms with E-state index in [0.717, 1.165) is 18.4 Å². The van der Waals surface area contributed by atoms with Crippen LogP contribution in [-0.4, -0.2) is 63.1 Å². The molecule has 3 rings (SSSR count). The van der Waals surface area contributed by atoms with Crippen molar-refractivity contribution in [1.29, 1.82) is 0 Å². The van der Waals surface area contributed by atoms with Crippen molar-refractivity contribution in [3.8, 4) is 0 Å². The van der Waals surface area contributed by atoms with E-state index in [1.165, 1.54) is 4.68 Å². The largest absolute Gasteiger partial charge is 0.444 e. The molecular weight excluding hydrogens is 450 g/mol. The lowest BCUT2D eigenvalue weighted by atomic mass is 9.92. The molecule has 1 aliphatic rings. The van der Waals surface area contributed by atoms with Crippen LogP contribution in [0, 0.1) is 0 Å². The standard InChI is InChI=1S/C25H33N5O5/c1-25(2,3)35-24(34)30-12-8-11-17(14-30)20-18(15-29(4)28-20)23(33)27-19(21(31)22(26)32)13-16-9-6-5-7-10-16/h5-7,9-10,15,17,19H,8,11-14H2,1-4H3,(H2,26,32)(H,27,33). The highest BCUT2D eigenvalue weighted by Crippen LogP contribution is 2.29. The summed E-state index contributed by atoms with van der Waals surface area (Å²) in [7, 11) is 1.70. The molecule has 1 aromatic heterocycles. The van der Waals surface area contributed by atoms with Gasteiger partial charge < -0.3 is 20.7 Å². The molecule has 10 nitrogen and oxygen atoms in total. The van der Waals surface area contributed by atoms with Crippen LogP contribution in [0.5, 0.6) is 0 Å². The summed E-state index contributed by atoms with van der Waals surface area (Å²) >= 11 is 0. The number of hydrogen-bond acceptors (Lipinski definition) is 6. The Bertz CT molecular complexity index is 1090. The molecule has 10 heteroatoms. The number of piperidine rings is 1. The number of nitrogens with one attached hydrogen (secondary N) is 1. The fourth-order valence-corrected chi connectivity index (χ4v) is 4.14. The Balaban J connectivity index is 1.80. The molecule has 188 valence electrons. The van der Waals surface area contributed by atoms with Gasteiger partial charge >= 0.3 is 6.09 Å². The molecule has 0 bridgehead atoms. The van der Waals surface area contributed by atoms with Crippen molar-refractivity contribution in [1.82, 2.24) is 20.0 Å². The van der Waals surface area contributed by atoms with Crippen LogP contribution in [0.1, 0.15) is 61.1 Å². The Morgan fingerprint density at radius 1 is 1.20 bits per heavy atom. The van der Waals surface area contributed by atoms with E-state index in [4.69, 9.17) is 10.5 Å². The van der Waals surface area contributed by atoms with Crippen molar-refractivity contribution in [2.24, 2.45) is 12.8 Å². The SMILES string of the molecule is Cn1cc(C(=O)NC(Cc2ccccc2)C(=O)C(N)=O)c(C2CCCN(C(=O)OC(C)(C)C)C2)n1. The van der Waals surface area contributed by atoms with Crippen molar-refractivity contribution >= 4 is 23.7 Å². The quantitative estimate of drug-likeness (QED) is 0.578. The second-order valence-electron chi connectivity index (χ2n) is 9.81. The van der Waals surface area contributed by atoms with Crippen LogP contribution in [0.15, 0.2) is 36.5 Å². The van der Waals surface area contributed by atoms with E-state index in [0.29, 0.717) is 24.3 Å². The molecule has 3 N–H and O–H groups in total. The average Bonchev–Trinajstić information content (AvgIpc) is 3.19. The van der Waals surface area contributed by atoms with Gasteiger partial charge in [-0.1, -0.05) is 30.3 Å². The predicted octanol–water partition coefficient (Wildman–Crippen LogP) is 1.93. The number of ether oxygens (including phenoxy) is 1. The second kappa shape index (κ2) is 10.7. The monoisotopic (exact) mass is 483 g/mol. The normalized spacial score (nSPS) is 16.9. The van der Waals surface area contributed by atoms with Gasteiger partial charge in [0, 0.05) is 38.7 Å². The summed E-state index contributed by atoms with van der Waals surface area (Å²) in [5.41, 5.74) is 6.23. The molecule has 35 heavy (non-hydrogen) atoms. The molecule has 1 saturated heterocycles. The van der Waals surface area contributed by atoms with E-state index < -0.39 is 35.3 Å². The molecule has 2 unspecified atom stereocenters. The minimum Gasteiger partial charge on any atom is -0.444 e. The number of benzene rings is 1. The zero-order valence-electron chi connectivity index (χ0n) is 20.6. The Labute approximate surface area is 204 Å². The van der Waals surface area contributed by atoms with Crippen molar-refractivity contribution in [2.45, 2.75) is 57.6 Å². The van der Waals surface area contributed by atoms with Crippen LogP contribution in [-0.2, 0) is 27.8 Å². The zero-order valence-corrected chi connectivity index (χ0v) is 20.6. The molecule has 2 atom stereocenters. The molecule has 1 aliphatic heterocycles. The lowest BCUT2D eigenvalue weighted by Crippen LogP contribution is -2.47. The third-order valence-corrected chi connectivity index (χ3v) is 5.71. The van der Waals surface area contributed by atoms with Gasteiger partial charge in [0.15, 0.2) is 0 Å².